The Bertz CT molecular complexity index is 682. The maximum Gasteiger partial charge on any atom is 0.330 e. The molecule has 1 spiro atoms. The molecule has 6 nitrogen and oxygen atoms in total. The first-order valence-electron chi connectivity index (χ1n) is 12.3. The van der Waals surface area contributed by atoms with E-state index in [4.69, 9.17) is 14.2 Å². The van der Waals surface area contributed by atoms with Gasteiger partial charge in [0.25, 0.3) is 0 Å². The average Bonchev–Trinajstić information content (AvgIpc) is 3.37. The van der Waals surface area contributed by atoms with E-state index in [1.165, 1.54) is 12.8 Å². The predicted octanol–water partition coefficient (Wildman–Crippen LogP) is 4.44. The van der Waals surface area contributed by atoms with Gasteiger partial charge in [0, 0.05) is 12.0 Å². The second kappa shape index (κ2) is 9.95. The summed E-state index contributed by atoms with van der Waals surface area (Å²) in [4.78, 5) is 38.8. The first-order chi connectivity index (χ1) is 15.0. The van der Waals surface area contributed by atoms with Crippen LogP contribution >= 0.6 is 0 Å². The van der Waals surface area contributed by atoms with E-state index in [1.807, 2.05) is 0 Å². The Morgan fingerprint density at radius 1 is 0.839 bits per heavy atom. The standard InChI is InChI=1S/C25H36O6/c1-2-19(26)30-20-21(23(28)25(22(20)27)15-9-10-16-25)31-24(17-11-5-3-6-12-17)29-18-13-7-4-8-14-18/h2,17-18,20-21,24H,1,3-16H2. The fourth-order valence-corrected chi connectivity index (χ4v) is 6.03. The van der Waals surface area contributed by atoms with Crippen LogP contribution < -0.4 is 0 Å². The molecule has 4 saturated carbocycles. The van der Waals surface area contributed by atoms with Crippen molar-refractivity contribution in [3.05, 3.63) is 12.7 Å². The van der Waals surface area contributed by atoms with Gasteiger partial charge in [0.15, 0.2) is 30.1 Å². The largest absolute Gasteiger partial charge is 0.448 e. The van der Waals surface area contributed by atoms with Crippen LogP contribution in [0.25, 0.3) is 0 Å². The van der Waals surface area contributed by atoms with Crippen molar-refractivity contribution in [3.8, 4) is 0 Å². The van der Waals surface area contributed by atoms with Crippen LogP contribution in [0.1, 0.15) is 89.9 Å². The molecule has 4 fully saturated rings. The van der Waals surface area contributed by atoms with Crippen molar-refractivity contribution in [2.45, 2.75) is 114 Å². The Hall–Kier alpha value is -1.53. The second-order valence-electron chi connectivity index (χ2n) is 9.80. The molecule has 4 aliphatic carbocycles. The summed E-state index contributed by atoms with van der Waals surface area (Å²) in [5, 5.41) is 0. The molecule has 6 heteroatoms. The van der Waals surface area contributed by atoms with E-state index in [1.54, 1.807) is 0 Å². The molecule has 0 bridgehead atoms. The van der Waals surface area contributed by atoms with Crippen molar-refractivity contribution in [1.29, 1.82) is 0 Å². The molecule has 0 aliphatic heterocycles. The summed E-state index contributed by atoms with van der Waals surface area (Å²) in [5.41, 5.74) is -1.06. The molecule has 0 aromatic rings. The molecule has 0 radical (unpaired) electrons. The monoisotopic (exact) mass is 432 g/mol. The molecule has 4 rings (SSSR count). The highest BCUT2D eigenvalue weighted by atomic mass is 16.7. The number of hydrogen-bond acceptors (Lipinski definition) is 6. The Balaban J connectivity index is 1.57. The summed E-state index contributed by atoms with van der Waals surface area (Å²) < 4.78 is 18.3. The molecular weight excluding hydrogens is 396 g/mol. The lowest BCUT2D eigenvalue weighted by Gasteiger charge is -2.36. The summed E-state index contributed by atoms with van der Waals surface area (Å²) in [6.45, 7) is 3.44. The van der Waals surface area contributed by atoms with Gasteiger partial charge in [-0.05, 0) is 38.5 Å². The molecule has 0 saturated heterocycles. The minimum Gasteiger partial charge on any atom is -0.448 e. The number of rotatable bonds is 7. The maximum absolute atomic E-state index is 13.5. The van der Waals surface area contributed by atoms with E-state index < -0.39 is 29.9 Å². The number of carbonyl (C=O) groups excluding carboxylic acids is 3. The van der Waals surface area contributed by atoms with Crippen molar-refractivity contribution in [1.82, 2.24) is 0 Å². The molecule has 3 atom stereocenters. The van der Waals surface area contributed by atoms with Crippen LogP contribution in [0.15, 0.2) is 12.7 Å². The van der Waals surface area contributed by atoms with Gasteiger partial charge in [0.1, 0.15) is 0 Å². The van der Waals surface area contributed by atoms with Gasteiger partial charge in [-0.1, -0.05) is 57.9 Å². The second-order valence-corrected chi connectivity index (χ2v) is 9.80. The highest BCUT2D eigenvalue weighted by molar-refractivity contribution is 6.18. The zero-order valence-electron chi connectivity index (χ0n) is 18.5. The zero-order chi connectivity index (χ0) is 21.8. The van der Waals surface area contributed by atoms with Gasteiger partial charge in [-0.3, -0.25) is 9.59 Å². The van der Waals surface area contributed by atoms with Gasteiger partial charge >= 0.3 is 5.97 Å². The summed E-state index contributed by atoms with van der Waals surface area (Å²) in [6.07, 6.45) is 12.0. The molecule has 0 aromatic carbocycles. The van der Waals surface area contributed by atoms with Crippen LogP contribution in [-0.4, -0.2) is 42.1 Å². The van der Waals surface area contributed by atoms with Crippen LogP contribution in [0.2, 0.25) is 0 Å². The van der Waals surface area contributed by atoms with Crippen molar-refractivity contribution >= 4 is 17.5 Å². The Labute approximate surface area is 185 Å². The van der Waals surface area contributed by atoms with Crippen LogP contribution in [0.3, 0.4) is 0 Å². The zero-order valence-corrected chi connectivity index (χ0v) is 18.5. The van der Waals surface area contributed by atoms with Gasteiger partial charge in [-0.25, -0.2) is 4.79 Å². The Kier molecular flexibility index (Phi) is 7.27. The number of ketones is 2. The van der Waals surface area contributed by atoms with E-state index in [-0.39, 0.29) is 23.6 Å². The molecule has 0 amide bonds. The topological polar surface area (TPSA) is 78.9 Å². The number of hydrogen-bond donors (Lipinski definition) is 0. The Morgan fingerprint density at radius 2 is 1.42 bits per heavy atom. The van der Waals surface area contributed by atoms with Crippen molar-refractivity contribution in [2.75, 3.05) is 0 Å². The van der Waals surface area contributed by atoms with Crippen molar-refractivity contribution < 1.29 is 28.6 Å². The number of esters is 1. The van der Waals surface area contributed by atoms with Crippen molar-refractivity contribution in [3.63, 3.8) is 0 Å². The lowest BCUT2D eigenvalue weighted by molar-refractivity contribution is -0.235. The fourth-order valence-electron chi connectivity index (χ4n) is 6.03. The minimum atomic E-state index is -1.20. The lowest BCUT2D eigenvalue weighted by atomic mass is 9.82. The van der Waals surface area contributed by atoms with E-state index >= 15 is 0 Å². The molecule has 3 unspecified atom stereocenters. The fraction of sp³-hybridized carbons (Fsp3) is 0.800. The quantitative estimate of drug-likeness (QED) is 0.256. The molecule has 0 aromatic heterocycles. The van der Waals surface area contributed by atoms with E-state index in [0.717, 1.165) is 70.3 Å². The summed E-state index contributed by atoms with van der Waals surface area (Å²) in [5.74, 6) is -1.01. The predicted molar refractivity (Wildman–Crippen MR) is 114 cm³/mol. The van der Waals surface area contributed by atoms with Crippen LogP contribution in [0.5, 0.6) is 0 Å². The molecular formula is C25H36O6. The molecule has 172 valence electrons. The molecule has 4 aliphatic rings. The highest BCUT2D eigenvalue weighted by Gasteiger charge is 2.63. The van der Waals surface area contributed by atoms with E-state index in [2.05, 4.69) is 6.58 Å². The van der Waals surface area contributed by atoms with E-state index in [0.29, 0.717) is 12.8 Å². The van der Waals surface area contributed by atoms with E-state index in [9.17, 15) is 14.4 Å². The van der Waals surface area contributed by atoms with Gasteiger partial charge < -0.3 is 14.2 Å². The molecule has 31 heavy (non-hydrogen) atoms. The number of carbonyl (C=O) groups is 3. The highest BCUT2D eigenvalue weighted by Crippen LogP contribution is 2.48. The third kappa shape index (κ3) is 4.65. The SMILES string of the molecule is C=CC(=O)OC1C(=O)C2(CCCC2)C(=O)C1OC(OC1CCCCC1)C1CCCCC1. The third-order valence-electron chi connectivity index (χ3n) is 7.80. The van der Waals surface area contributed by atoms with Crippen LogP contribution in [-0.2, 0) is 28.6 Å². The molecule has 0 heterocycles. The first-order valence-corrected chi connectivity index (χ1v) is 12.3. The first kappa shape index (κ1) is 22.7. The van der Waals surface area contributed by atoms with Gasteiger partial charge in [-0.2, -0.15) is 0 Å². The summed E-state index contributed by atoms with van der Waals surface area (Å²) in [7, 11) is 0. The normalized spacial score (nSPS) is 30.6. The lowest BCUT2D eigenvalue weighted by Crippen LogP contribution is -2.43. The van der Waals surface area contributed by atoms with Crippen molar-refractivity contribution in [2.24, 2.45) is 11.3 Å². The van der Waals surface area contributed by atoms with Gasteiger partial charge in [-0.15, -0.1) is 0 Å². The smallest absolute Gasteiger partial charge is 0.330 e. The van der Waals surface area contributed by atoms with Crippen LogP contribution in [0, 0.1) is 11.3 Å². The maximum atomic E-state index is 13.5. The molecule has 0 N–H and O–H groups in total. The number of ether oxygens (including phenoxy) is 3. The van der Waals surface area contributed by atoms with Crippen LogP contribution in [0.4, 0.5) is 0 Å². The third-order valence-corrected chi connectivity index (χ3v) is 7.80. The summed E-state index contributed by atoms with van der Waals surface area (Å²) >= 11 is 0. The average molecular weight is 433 g/mol. The summed E-state index contributed by atoms with van der Waals surface area (Å²) in [6, 6.07) is 0. The minimum absolute atomic E-state index is 0.127. The Morgan fingerprint density at radius 3 is 2.03 bits per heavy atom. The van der Waals surface area contributed by atoms with Gasteiger partial charge in [0.05, 0.1) is 11.5 Å². The number of Topliss-reactive ketones (excluding diaryl/α,β-unsaturated/α-hetero) is 2. The van der Waals surface area contributed by atoms with Gasteiger partial charge in [0.2, 0.25) is 0 Å².